The van der Waals surface area contributed by atoms with Crippen molar-refractivity contribution in [1.29, 1.82) is 0 Å². The number of thioether (sulfide) groups is 1. The second-order valence-corrected chi connectivity index (χ2v) is 6.41. The fraction of sp³-hybridized carbons (Fsp3) is 0.231. The SMILES string of the molecule is CSc1ccc(NC(C)c2sccc2Br)cc1. The van der Waals surface area contributed by atoms with Crippen molar-refractivity contribution < 1.29 is 0 Å². The maximum Gasteiger partial charge on any atom is 0.0589 e. The highest BCUT2D eigenvalue weighted by Crippen LogP contribution is 2.31. The molecule has 0 bridgehead atoms. The van der Waals surface area contributed by atoms with Crippen molar-refractivity contribution in [2.75, 3.05) is 11.6 Å². The molecule has 4 heteroatoms. The van der Waals surface area contributed by atoms with Crippen LogP contribution in [0.25, 0.3) is 0 Å². The molecule has 0 saturated heterocycles. The number of rotatable bonds is 4. The lowest BCUT2D eigenvalue weighted by molar-refractivity contribution is 0.903. The van der Waals surface area contributed by atoms with Gasteiger partial charge in [-0.2, -0.15) is 0 Å². The smallest absolute Gasteiger partial charge is 0.0589 e. The van der Waals surface area contributed by atoms with Crippen LogP contribution >= 0.6 is 39.0 Å². The first-order valence-corrected chi connectivity index (χ1v) is 8.24. The van der Waals surface area contributed by atoms with E-state index in [1.54, 1.807) is 23.1 Å². The molecule has 0 radical (unpaired) electrons. The van der Waals surface area contributed by atoms with Gasteiger partial charge in [0.1, 0.15) is 0 Å². The van der Waals surface area contributed by atoms with Crippen LogP contribution in [0.1, 0.15) is 17.8 Å². The van der Waals surface area contributed by atoms with E-state index in [-0.39, 0.29) is 0 Å². The van der Waals surface area contributed by atoms with Crippen molar-refractivity contribution in [3.8, 4) is 0 Å². The summed E-state index contributed by atoms with van der Waals surface area (Å²) in [6, 6.07) is 11.0. The van der Waals surface area contributed by atoms with Crippen molar-refractivity contribution in [1.82, 2.24) is 0 Å². The highest BCUT2D eigenvalue weighted by Gasteiger charge is 2.10. The number of hydrogen-bond acceptors (Lipinski definition) is 3. The molecule has 0 aliphatic carbocycles. The van der Waals surface area contributed by atoms with Gasteiger partial charge in [0, 0.05) is 19.9 Å². The van der Waals surface area contributed by atoms with Gasteiger partial charge in [-0.05, 0) is 64.8 Å². The average Bonchev–Trinajstić information content (AvgIpc) is 2.76. The van der Waals surface area contributed by atoms with Gasteiger partial charge < -0.3 is 5.32 Å². The van der Waals surface area contributed by atoms with Crippen LogP contribution in [0.2, 0.25) is 0 Å². The number of thiophene rings is 1. The summed E-state index contributed by atoms with van der Waals surface area (Å²) in [6.07, 6.45) is 2.09. The summed E-state index contributed by atoms with van der Waals surface area (Å²) < 4.78 is 1.18. The van der Waals surface area contributed by atoms with E-state index in [4.69, 9.17) is 0 Å². The molecule has 0 fully saturated rings. The van der Waals surface area contributed by atoms with Gasteiger partial charge >= 0.3 is 0 Å². The summed E-state index contributed by atoms with van der Waals surface area (Å²) in [5.41, 5.74) is 1.16. The summed E-state index contributed by atoms with van der Waals surface area (Å²) in [7, 11) is 0. The lowest BCUT2D eigenvalue weighted by Gasteiger charge is -2.14. The molecule has 0 spiro atoms. The largest absolute Gasteiger partial charge is 0.378 e. The predicted octanol–water partition coefficient (Wildman–Crippen LogP) is 5.41. The van der Waals surface area contributed by atoms with E-state index in [0.29, 0.717) is 6.04 Å². The molecule has 1 atom stereocenters. The minimum absolute atomic E-state index is 0.324. The molecular weight excluding hydrogens is 314 g/mol. The maximum atomic E-state index is 3.57. The molecule has 1 unspecified atom stereocenters. The van der Waals surface area contributed by atoms with Crippen LogP contribution in [-0.2, 0) is 0 Å². The topological polar surface area (TPSA) is 12.0 Å². The fourth-order valence-electron chi connectivity index (χ4n) is 1.62. The van der Waals surface area contributed by atoms with Crippen LogP contribution in [-0.4, -0.2) is 6.26 Å². The molecule has 90 valence electrons. The molecule has 0 aliphatic rings. The van der Waals surface area contributed by atoms with Crippen LogP contribution in [0.3, 0.4) is 0 Å². The zero-order chi connectivity index (χ0) is 12.3. The normalized spacial score (nSPS) is 12.4. The Morgan fingerprint density at radius 1 is 1.24 bits per heavy atom. The fourth-order valence-corrected chi connectivity index (χ4v) is 3.75. The van der Waals surface area contributed by atoms with Gasteiger partial charge in [-0.25, -0.2) is 0 Å². The molecule has 0 aliphatic heterocycles. The summed E-state index contributed by atoms with van der Waals surface area (Å²) in [6.45, 7) is 2.18. The van der Waals surface area contributed by atoms with Gasteiger partial charge in [-0.1, -0.05) is 0 Å². The molecule has 0 amide bonds. The third-order valence-corrected chi connectivity index (χ3v) is 5.31. The molecule has 1 heterocycles. The van der Waals surface area contributed by atoms with Crippen LogP contribution < -0.4 is 5.32 Å². The average molecular weight is 328 g/mol. The van der Waals surface area contributed by atoms with E-state index in [1.807, 2.05) is 0 Å². The Morgan fingerprint density at radius 3 is 2.47 bits per heavy atom. The van der Waals surface area contributed by atoms with E-state index in [9.17, 15) is 0 Å². The summed E-state index contributed by atoms with van der Waals surface area (Å²) in [5.74, 6) is 0. The summed E-state index contributed by atoms with van der Waals surface area (Å²) >= 11 is 7.10. The quantitative estimate of drug-likeness (QED) is 0.754. The first kappa shape index (κ1) is 13.0. The lowest BCUT2D eigenvalue weighted by atomic mass is 10.2. The van der Waals surface area contributed by atoms with E-state index in [2.05, 4.69) is 70.1 Å². The van der Waals surface area contributed by atoms with Gasteiger partial charge in [0.05, 0.1) is 6.04 Å². The second-order valence-electron chi connectivity index (χ2n) is 3.73. The van der Waals surface area contributed by atoms with Crippen LogP contribution in [0.15, 0.2) is 45.1 Å². The number of anilines is 1. The molecule has 1 aromatic heterocycles. The van der Waals surface area contributed by atoms with Crippen LogP contribution in [0.5, 0.6) is 0 Å². The second kappa shape index (κ2) is 5.94. The highest BCUT2D eigenvalue weighted by atomic mass is 79.9. The lowest BCUT2D eigenvalue weighted by Crippen LogP contribution is -2.05. The van der Waals surface area contributed by atoms with Crippen molar-refractivity contribution >= 4 is 44.7 Å². The molecule has 2 rings (SSSR count). The van der Waals surface area contributed by atoms with Crippen molar-refractivity contribution in [3.05, 3.63) is 45.1 Å². The third kappa shape index (κ3) is 3.27. The van der Waals surface area contributed by atoms with E-state index in [0.717, 1.165) is 5.69 Å². The van der Waals surface area contributed by atoms with E-state index < -0.39 is 0 Å². The number of halogens is 1. The van der Waals surface area contributed by atoms with Crippen molar-refractivity contribution in [2.45, 2.75) is 17.9 Å². The molecule has 0 saturated carbocycles. The van der Waals surface area contributed by atoms with Crippen LogP contribution in [0.4, 0.5) is 5.69 Å². The Kier molecular flexibility index (Phi) is 4.54. The highest BCUT2D eigenvalue weighted by molar-refractivity contribution is 9.10. The van der Waals surface area contributed by atoms with Gasteiger partial charge in [-0.15, -0.1) is 23.1 Å². The Labute approximate surface area is 119 Å². The molecule has 17 heavy (non-hydrogen) atoms. The minimum atomic E-state index is 0.324. The third-order valence-electron chi connectivity index (χ3n) is 2.51. The molecule has 1 nitrogen and oxygen atoms in total. The van der Waals surface area contributed by atoms with E-state index >= 15 is 0 Å². The van der Waals surface area contributed by atoms with E-state index in [1.165, 1.54) is 14.2 Å². The summed E-state index contributed by atoms with van der Waals surface area (Å²) in [4.78, 5) is 2.62. The van der Waals surface area contributed by atoms with Gasteiger partial charge in [-0.3, -0.25) is 0 Å². The summed E-state index contributed by atoms with van der Waals surface area (Å²) in [5, 5.41) is 5.61. The van der Waals surface area contributed by atoms with Crippen molar-refractivity contribution in [3.63, 3.8) is 0 Å². The first-order chi connectivity index (χ1) is 8.20. The van der Waals surface area contributed by atoms with Gasteiger partial charge in [0.25, 0.3) is 0 Å². The number of hydrogen-bond donors (Lipinski definition) is 1. The standard InChI is InChI=1S/C13H14BrNS2/c1-9(13-12(14)7-8-17-13)15-10-3-5-11(16-2)6-4-10/h3-9,15H,1-2H3. The molecular formula is C13H14BrNS2. The molecule has 2 aromatic rings. The zero-order valence-electron chi connectivity index (χ0n) is 9.74. The number of benzene rings is 1. The Bertz CT molecular complexity index is 478. The molecule has 1 N–H and O–H groups in total. The Balaban J connectivity index is 2.07. The van der Waals surface area contributed by atoms with Gasteiger partial charge in [0.15, 0.2) is 0 Å². The Hall–Kier alpha value is -0.450. The first-order valence-electron chi connectivity index (χ1n) is 5.34. The minimum Gasteiger partial charge on any atom is -0.378 e. The molecule has 1 aromatic carbocycles. The maximum absolute atomic E-state index is 3.57. The van der Waals surface area contributed by atoms with Crippen molar-refractivity contribution in [2.24, 2.45) is 0 Å². The predicted molar refractivity (Wildman–Crippen MR) is 82.3 cm³/mol. The van der Waals surface area contributed by atoms with Gasteiger partial charge in [0.2, 0.25) is 0 Å². The van der Waals surface area contributed by atoms with Crippen LogP contribution in [0, 0.1) is 0 Å². The number of nitrogens with one attached hydrogen (secondary N) is 1. The Morgan fingerprint density at radius 2 is 1.94 bits per heavy atom. The monoisotopic (exact) mass is 327 g/mol. The zero-order valence-corrected chi connectivity index (χ0v) is 13.0.